The lowest BCUT2D eigenvalue weighted by molar-refractivity contribution is -0.148. The highest BCUT2D eigenvalue weighted by Crippen LogP contribution is 2.31. The van der Waals surface area contributed by atoms with Gasteiger partial charge in [-0.15, -0.1) is 0 Å². The summed E-state index contributed by atoms with van der Waals surface area (Å²) in [6.45, 7) is -0.0856. The fourth-order valence-electron chi connectivity index (χ4n) is 3.31. The zero-order valence-electron chi connectivity index (χ0n) is 19.2. The number of esters is 2. The largest absolute Gasteiger partial charge is 0.461 e. The van der Waals surface area contributed by atoms with Crippen LogP contribution in [0.4, 0.5) is 13.2 Å². The third kappa shape index (κ3) is 7.97. The van der Waals surface area contributed by atoms with E-state index in [1.807, 2.05) is 6.07 Å². The van der Waals surface area contributed by atoms with Gasteiger partial charge in [0.15, 0.2) is 0 Å². The first-order chi connectivity index (χ1) is 17.2. The van der Waals surface area contributed by atoms with Gasteiger partial charge < -0.3 is 14.8 Å². The van der Waals surface area contributed by atoms with Crippen LogP contribution in [0, 0.1) is 0 Å². The molecule has 0 heterocycles. The van der Waals surface area contributed by atoms with E-state index in [1.165, 1.54) is 6.07 Å². The Balaban J connectivity index is 1.68. The Labute approximate surface area is 206 Å². The summed E-state index contributed by atoms with van der Waals surface area (Å²) in [6.07, 6.45) is -5.25. The maximum absolute atomic E-state index is 13.4. The Hall–Kier alpha value is -4.14. The summed E-state index contributed by atoms with van der Waals surface area (Å²) in [4.78, 5) is 37.7. The number of ether oxygens (including phenoxy) is 2. The van der Waals surface area contributed by atoms with Crippen LogP contribution in [0.3, 0.4) is 0 Å². The van der Waals surface area contributed by atoms with Crippen LogP contribution in [0.15, 0.2) is 84.9 Å². The number of hydrogen-bond acceptors (Lipinski definition) is 5. The summed E-state index contributed by atoms with van der Waals surface area (Å²) in [6, 6.07) is 20.5. The molecule has 0 aliphatic heterocycles. The Kier molecular flexibility index (Phi) is 9.21. The van der Waals surface area contributed by atoms with Gasteiger partial charge in [0, 0.05) is 6.42 Å². The zero-order chi connectivity index (χ0) is 26.0. The second-order valence-corrected chi connectivity index (χ2v) is 7.85. The SMILES string of the molecule is O=C(CC[C@@H](NC(=O)c1ccccc1C(F)(F)F)C(=O)OCc1ccccc1)OCc1ccccc1. The molecule has 3 rings (SSSR count). The third-order valence-electron chi connectivity index (χ3n) is 5.17. The molecule has 0 bridgehead atoms. The average Bonchev–Trinajstić information content (AvgIpc) is 2.89. The number of halogens is 3. The van der Waals surface area contributed by atoms with E-state index in [1.54, 1.807) is 54.6 Å². The van der Waals surface area contributed by atoms with Gasteiger partial charge in [-0.25, -0.2) is 4.79 Å². The van der Waals surface area contributed by atoms with E-state index in [0.29, 0.717) is 5.56 Å². The van der Waals surface area contributed by atoms with Crippen molar-refractivity contribution in [2.45, 2.75) is 38.3 Å². The first-order valence-electron chi connectivity index (χ1n) is 11.1. The van der Waals surface area contributed by atoms with Gasteiger partial charge in [0.2, 0.25) is 0 Å². The molecule has 0 aromatic heterocycles. The van der Waals surface area contributed by atoms with Crippen LogP contribution >= 0.6 is 0 Å². The molecule has 6 nitrogen and oxygen atoms in total. The topological polar surface area (TPSA) is 81.7 Å². The second kappa shape index (κ2) is 12.5. The van der Waals surface area contributed by atoms with Crippen LogP contribution in [0.5, 0.6) is 0 Å². The van der Waals surface area contributed by atoms with Crippen LogP contribution in [0.25, 0.3) is 0 Å². The van der Waals surface area contributed by atoms with Crippen molar-refractivity contribution in [2.24, 2.45) is 0 Å². The van der Waals surface area contributed by atoms with Crippen molar-refractivity contribution >= 4 is 17.8 Å². The minimum atomic E-state index is -4.77. The number of amides is 1. The van der Waals surface area contributed by atoms with E-state index < -0.39 is 41.2 Å². The number of rotatable bonds is 10. The summed E-state index contributed by atoms with van der Waals surface area (Å²) in [5.41, 5.74) is -0.332. The van der Waals surface area contributed by atoms with Crippen molar-refractivity contribution < 1.29 is 37.0 Å². The van der Waals surface area contributed by atoms with Crippen molar-refractivity contribution in [1.29, 1.82) is 0 Å². The van der Waals surface area contributed by atoms with E-state index in [0.717, 1.165) is 23.8 Å². The summed E-state index contributed by atoms with van der Waals surface area (Å²) in [5.74, 6) is -2.63. The Morgan fingerprint density at radius 2 is 1.28 bits per heavy atom. The number of benzene rings is 3. The molecule has 0 spiro atoms. The Morgan fingerprint density at radius 3 is 1.86 bits per heavy atom. The molecule has 3 aromatic carbocycles. The maximum Gasteiger partial charge on any atom is 0.417 e. The van der Waals surface area contributed by atoms with Crippen molar-refractivity contribution in [1.82, 2.24) is 5.32 Å². The van der Waals surface area contributed by atoms with Crippen LogP contribution in [0.2, 0.25) is 0 Å². The van der Waals surface area contributed by atoms with Crippen molar-refractivity contribution in [2.75, 3.05) is 0 Å². The molecule has 0 fully saturated rings. The monoisotopic (exact) mass is 499 g/mol. The lowest BCUT2D eigenvalue weighted by atomic mass is 10.1. The third-order valence-corrected chi connectivity index (χ3v) is 5.17. The summed E-state index contributed by atoms with van der Waals surface area (Å²) in [5, 5.41) is 2.29. The van der Waals surface area contributed by atoms with Gasteiger partial charge in [0.25, 0.3) is 5.91 Å². The highest BCUT2D eigenvalue weighted by atomic mass is 19.4. The minimum Gasteiger partial charge on any atom is -0.461 e. The van der Waals surface area contributed by atoms with E-state index in [4.69, 9.17) is 9.47 Å². The fraction of sp³-hybridized carbons (Fsp3) is 0.222. The Bertz CT molecular complexity index is 1170. The first-order valence-corrected chi connectivity index (χ1v) is 11.1. The molecular formula is C27H24F3NO5. The van der Waals surface area contributed by atoms with Gasteiger partial charge in [-0.1, -0.05) is 72.8 Å². The average molecular weight is 499 g/mol. The van der Waals surface area contributed by atoms with E-state index in [2.05, 4.69) is 5.32 Å². The molecule has 1 N–H and O–H groups in total. The second-order valence-electron chi connectivity index (χ2n) is 7.85. The van der Waals surface area contributed by atoms with E-state index >= 15 is 0 Å². The molecule has 9 heteroatoms. The van der Waals surface area contributed by atoms with E-state index in [9.17, 15) is 27.6 Å². The number of nitrogens with one attached hydrogen (secondary N) is 1. The van der Waals surface area contributed by atoms with E-state index in [-0.39, 0.29) is 26.1 Å². The zero-order valence-corrected chi connectivity index (χ0v) is 19.2. The molecule has 0 radical (unpaired) electrons. The molecule has 3 aromatic rings. The number of alkyl halides is 3. The predicted octanol–water partition coefficient (Wildman–Crippen LogP) is 5.07. The molecule has 0 saturated heterocycles. The smallest absolute Gasteiger partial charge is 0.417 e. The maximum atomic E-state index is 13.4. The van der Waals surface area contributed by atoms with Crippen molar-refractivity contribution in [3.63, 3.8) is 0 Å². The van der Waals surface area contributed by atoms with Crippen LogP contribution in [-0.2, 0) is 38.5 Å². The molecule has 0 aliphatic rings. The summed E-state index contributed by atoms with van der Waals surface area (Å²) < 4.78 is 50.5. The molecule has 1 amide bonds. The van der Waals surface area contributed by atoms with Crippen LogP contribution in [0.1, 0.15) is 39.9 Å². The van der Waals surface area contributed by atoms with Crippen LogP contribution < -0.4 is 5.32 Å². The van der Waals surface area contributed by atoms with Crippen molar-refractivity contribution in [3.05, 3.63) is 107 Å². The normalized spacial score (nSPS) is 11.9. The van der Waals surface area contributed by atoms with Gasteiger partial charge in [0.1, 0.15) is 19.3 Å². The number of carbonyl (C=O) groups excluding carboxylic acids is 3. The van der Waals surface area contributed by atoms with Gasteiger partial charge >= 0.3 is 18.1 Å². The molecule has 1 atom stereocenters. The fourth-order valence-corrected chi connectivity index (χ4v) is 3.31. The first kappa shape index (κ1) is 26.5. The van der Waals surface area contributed by atoms with Gasteiger partial charge in [0.05, 0.1) is 11.1 Å². The highest BCUT2D eigenvalue weighted by molar-refractivity contribution is 5.98. The number of hydrogen-bond donors (Lipinski definition) is 1. The van der Waals surface area contributed by atoms with Gasteiger partial charge in [-0.3, -0.25) is 9.59 Å². The van der Waals surface area contributed by atoms with Crippen molar-refractivity contribution in [3.8, 4) is 0 Å². The van der Waals surface area contributed by atoms with Crippen LogP contribution in [-0.4, -0.2) is 23.9 Å². The standard InChI is InChI=1S/C27H24F3NO5/c28-27(29,30)22-14-8-7-13-21(22)25(33)31-23(26(34)36-18-20-11-5-2-6-12-20)15-16-24(32)35-17-19-9-3-1-4-10-19/h1-14,23H,15-18H2,(H,31,33)/t23-/m1/s1. The molecule has 0 aliphatic carbocycles. The van der Waals surface area contributed by atoms with Gasteiger partial charge in [-0.2, -0.15) is 13.2 Å². The number of carbonyl (C=O) groups is 3. The Morgan fingerprint density at radius 1 is 0.750 bits per heavy atom. The van der Waals surface area contributed by atoms with Gasteiger partial charge in [-0.05, 0) is 29.7 Å². The molecule has 0 unspecified atom stereocenters. The molecule has 0 saturated carbocycles. The minimum absolute atomic E-state index is 0.0219. The molecule has 36 heavy (non-hydrogen) atoms. The molecule has 188 valence electrons. The lowest BCUT2D eigenvalue weighted by Gasteiger charge is -2.19. The highest BCUT2D eigenvalue weighted by Gasteiger charge is 2.35. The lowest BCUT2D eigenvalue weighted by Crippen LogP contribution is -2.42. The quantitative estimate of drug-likeness (QED) is 0.394. The summed E-state index contributed by atoms with van der Waals surface area (Å²) in [7, 11) is 0. The summed E-state index contributed by atoms with van der Waals surface area (Å²) >= 11 is 0. The predicted molar refractivity (Wildman–Crippen MR) is 124 cm³/mol. The molecular weight excluding hydrogens is 475 g/mol.